The predicted molar refractivity (Wildman–Crippen MR) is 182 cm³/mol. The lowest BCUT2D eigenvalue weighted by Crippen LogP contribution is -2.51. The van der Waals surface area contributed by atoms with Crippen LogP contribution in [0.15, 0.2) is 0 Å². The zero-order valence-corrected chi connectivity index (χ0v) is 30.4. The van der Waals surface area contributed by atoms with E-state index in [-0.39, 0.29) is 46.9 Å². The highest BCUT2D eigenvalue weighted by Gasteiger charge is 2.26. The molecule has 0 rings (SSSR count). The molecule has 0 radical (unpaired) electrons. The molecule has 7 N–H and O–H groups in total. The number of primary amides is 1. The molecule has 1 unspecified atom stereocenters. The van der Waals surface area contributed by atoms with Crippen LogP contribution in [0.3, 0.4) is 0 Å². The second kappa shape index (κ2) is 27.4. The molecule has 0 aromatic carbocycles. The van der Waals surface area contributed by atoms with Gasteiger partial charge in [0.1, 0.15) is 6.04 Å². The fourth-order valence-corrected chi connectivity index (χ4v) is 3.60. The molecule has 0 aliphatic heterocycles. The van der Waals surface area contributed by atoms with Crippen molar-refractivity contribution < 1.29 is 28.7 Å². The van der Waals surface area contributed by atoms with E-state index < -0.39 is 12.1 Å². The Morgan fingerprint density at radius 2 is 1.22 bits per heavy atom. The molecule has 45 heavy (non-hydrogen) atoms. The van der Waals surface area contributed by atoms with Crippen LogP contribution >= 0.6 is 0 Å². The zero-order valence-electron chi connectivity index (χ0n) is 30.4. The monoisotopic (exact) mass is 645 g/mol. The standard InChI is InChI=1S/C27H52N4O5.C4H10N2O.C2H6/c1-9-11-12-14-22(33)31-24(20(3)4)25(35)28-15-23(34)30-17-27(7,8)19-36-18-26(5,6)16-29-21(32)13-10-2;1-2-3-6-4(5)7;1-2/h20,24H,9-19H2,1-8H3,(H,28,35)(H,29,32)(H,30,34)(H,31,33);2-3H2,1H3,(H3,5,6,7);1-2H3. The highest BCUT2D eigenvalue weighted by molar-refractivity contribution is 5.90. The number of nitrogens with one attached hydrogen (secondary N) is 5. The number of hydrogen-bond acceptors (Lipinski definition) is 6. The summed E-state index contributed by atoms with van der Waals surface area (Å²) in [6.07, 6.45) is 5.47. The SMILES string of the molecule is CC.CCCCCC(=O)NC(C(=O)NCC(=O)NCC(C)(C)COCC(C)(C)CNC(=O)CCC)C(C)C.CCCNC(N)=O. The molecule has 0 heterocycles. The molecular weight excluding hydrogens is 576 g/mol. The number of carbonyl (C=O) groups excluding carboxylic acids is 5. The minimum Gasteiger partial charge on any atom is -0.380 e. The summed E-state index contributed by atoms with van der Waals surface area (Å²) in [7, 11) is 0. The quantitative estimate of drug-likeness (QED) is 0.103. The Labute approximate surface area is 273 Å². The lowest BCUT2D eigenvalue weighted by Gasteiger charge is -2.29. The van der Waals surface area contributed by atoms with Crippen LogP contribution in [-0.4, -0.2) is 75.1 Å². The normalized spacial score (nSPS) is 11.6. The molecule has 12 nitrogen and oxygen atoms in total. The maximum atomic E-state index is 12.6. The smallest absolute Gasteiger partial charge is 0.312 e. The molecule has 6 amide bonds. The van der Waals surface area contributed by atoms with Crippen molar-refractivity contribution in [3.63, 3.8) is 0 Å². The Hall–Kier alpha value is -2.89. The van der Waals surface area contributed by atoms with Gasteiger partial charge in [0.2, 0.25) is 23.6 Å². The van der Waals surface area contributed by atoms with Crippen LogP contribution < -0.4 is 32.3 Å². The van der Waals surface area contributed by atoms with Gasteiger partial charge < -0.3 is 37.1 Å². The van der Waals surface area contributed by atoms with Gasteiger partial charge in [0.15, 0.2) is 0 Å². The van der Waals surface area contributed by atoms with Crippen molar-refractivity contribution in [1.29, 1.82) is 0 Å². The lowest BCUT2D eigenvalue weighted by atomic mass is 9.93. The van der Waals surface area contributed by atoms with E-state index in [1.165, 1.54) is 0 Å². The molecule has 0 aromatic rings. The van der Waals surface area contributed by atoms with Gasteiger partial charge in [-0.25, -0.2) is 4.79 Å². The summed E-state index contributed by atoms with van der Waals surface area (Å²) in [6, 6.07) is -1.12. The predicted octanol–water partition coefficient (Wildman–Crippen LogP) is 4.02. The third kappa shape index (κ3) is 29.6. The maximum Gasteiger partial charge on any atom is 0.312 e. The Bertz CT molecular complexity index is 833. The van der Waals surface area contributed by atoms with Crippen molar-refractivity contribution in [2.45, 2.75) is 127 Å². The highest BCUT2D eigenvalue weighted by atomic mass is 16.5. The van der Waals surface area contributed by atoms with E-state index in [0.29, 0.717) is 45.7 Å². The minimum absolute atomic E-state index is 0.0507. The Kier molecular flexibility index (Phi) is 28.4. The summed E-state index contributed by atoms with van der Waals surface area (Å²) in [5.41, 5.74) is 4.21. The van der Waals surface area contributed by atoms with Crippen molar-refractivity contribution in [3.05, 3.63) is 0 Å². The van der Waals surface area contributed by atoms with Crippen molar-refractivity contribution in [3.8, 4) is 0 Å². The van der Waals surface area contributed by atoms with Gasteiger partial charge in [-0.2, -0.15) is 0 Å². The van der Waals surface area contributed by atoms with Gasteiger partial charge in [-0.1, -0.05) is 89.0 Å². The Morgan fingerprint density at radius 3 is 1.64 bits per heavy atom. The third-order valence-corrected chi connectivity index (χ3v) is 6.24. The van der Waals surface area contributed by atoms with Gasteiger partial charge in [0.05, 0.1) is 19.8 Å². The second-order valence-electron chi connectivity index (χ2n) is 12.9. The summed E-state index contributed by atoms with van der Waals surface area (Å²) in [6.45, 7) is 24.1. The van der Waals surface area contributed by atoms with Gasteiger partial charge in [-0.3, -0.25) is 19.2 Å². The van der Waals surface area contributed by atoms with E-state index in [1.54, 1.807) is 0 Å². The van der Waals surface area contributed by atoms with Gasteiger partial charge >= 0.3 is 6.03 Å². The second-order valence-corrected chi connectivity index (χ2v) is 12.9. The van der Waals surface area contributed by atoms with E-state index >= 15 is 0 Å². The van der Waals surface area contributed by atoms with Gasteiger partial charge in [-0.15, -0.1) is 0 Å². The van der Waals surface area contributed by atoms with E-state index in [0.717, 1.165) is 32.1 Å². The molecule has 266 valence electrons. The topological polar surface area (TPSA) is 181 Å². The maximum absolute atomic E-state index is 12.6. The number of amides is 6. The van der Waals surface area contributed by atoms with Gasteiger partial charge in [-0.05, 0) is 25.2 Å². The molecule has 0 aromatic heterocycles. The van der Waals surface area contributed by atoms with Crippen molar-refractivity contribution in [2.24, 2.45) is 22.5 Å². The third-order valence-electron chi connectivity index (χ3n) is 6.24. The van der Waals surface area contributed by atoms with Crippen molar-refractivity contribution in [2.75, 3.05) is 39.4 Å². The molecule has 0 saturated heterocycles. The zero-order chi connectivity index (χ0) is 35.5. The van der Waals surface area contributed by atoms with E-state index in [9.17, 15) is 24.0 Å². The summed E-state index contributed by atoms with van der Waals surface area (Å²) in [5.74, 6) is -0.847. The first-order chi connectivity index (χ1) is 21.0. The number of unbranched alkanes of at least 4 members (excludes halogenated alkanes) is 2. The van der Waals surface area contributed by atoms with Gasteiger partial charge in [0.25, 0.3) is 0 Å². The van der Waals surface area contributed by atoms with Crippen LogP contribution in [0.5, 0.6) is 0 Å². The average molecular weight is 645 g/mol. The van der Waals surface area contributed by atoms with Crippen LogP contribution in [-0.2, 0) is 23.9 Å². The molecule has 0 aliphatic rings. The Morgan fingerprint density at radius 1 is 0.689 bits per heavy atom. The van der Waals surface area contributed by atoms with Crippen LogP contribution in [0.4, 0.5) is 4.79 Å². The summed E-state index contributed by atoms with van der Waals surface area (Å²) < 4.78 is 5.90. The lowest BCUT2D eigenvalue weighted by molar-refractivity contribution is -0.131. The average Bonchev–Trinajstić information content (AvgIpc) is 2.97. The largest absolute Gasteiger partial charge is 0.380 e. The van der Waals surface area contributed by atoms with Crippen LogP contribution in [0.25, 0.3) is 0 Å². The molecule has 0 fully saturated rings. The molecule has 12 heteroatoms. The molecule has 0 spiro atoms. The van der Waals surface area contributed by atoms with Crippen molar-refractivity contribution >= 4 is 29.7 Å². The molecule has 0 saturated carbocycles. The molecule has 0 bridgehead atoms. The Balaban J connectivity index is -0.00000171. The molecule has 1 atom stereocenters. The number of ether oxygens (including phenoxy) is 1. The van der Waals surface area contributed by atoms with Crippen LogP contribution in [0.1, 0.15) is 121 Å². The summed E-state index contributed by atoms with van der Waals surface area (Å²) >= 11 is 0. The van der Waals surface area contributed by atoms with Gasteiger partial charge in [0, 0.05) is 43.3 Å². The first-order valence-corrected chi connectivity index (χ1v) is 16.7. The summed E-state index contributed by atoms with van der Waals surface area (Å²) in [5, 5.41) is 13.6. The fraction of sp³-hybridized carbons (Fsp3) is 0.848. The van der Waals surface area contributed by atoms with E-state index in [4.69, 9.17) is 10.5 Å². The van der Waals surface area contributed by atoms with E-state index in [2.05, 4.69) is 33.5 Å². The van der Waals surface area contributed by atoms with E-state index in [1.807, 2.05) is 69.2 Å². The number of urea groups is 1. The first-order valence-electron chi connectivity index (χ1n) is 16.7. The van der Waals surface area contributed by atoms with Crippen LogP contribution in [0, 0.1) is 16.7 Å². The first kappa shape index (κ1) is 46.5. The fourth-order valence-electron chi connectivity index (χ4n) is 3.60. The number of nitrogens with two attached hydrogens (primary N) is 1. The molecule has 0 aliphatic carbocycles. The number of carbonyl (C=O) groups is 5. The van der Waals surface area contributed by atoms with Crippen molar-refractivity contribution in [1.82, 2.24) is 26.6 Å². The summed E-state index contributed by atoms with van der Waals surface area (Å²) in [4.78, 5) is 58.6. The molecular formula is C33H68N6O6. The minimum atomic E-state index is -0.674. The number of rotatable bonds is 21. The highest BCUT2D eigenvalue weighted by Crippen LogP contribution is 2.19. The number of hydrogen-bond donors (Lipinski definition) is 6. The van der Waals surface area contributed by atoms with Crippen LogP contribution in [0.2, 0.25) is 0 Å².